The Bertz CT molecular complexity index is 893. The van der Waals surface area contributed by atoms with Crippen molar-refractivity contribution in [3.63, 3.8) is 0 Å². The maximum atomic E-state index is 12.2. The molecule has 2 heterocycles. The lowest BCUT2D eigenvalue weighted by molar-refractivity contribution is 0.0695. The number of benzene rings is 1. The highest BCUT2D eigenvalue weighted by Crippen LogP contribution is 2.14. The summed E-state index contributed by atoms with van der Waals surface area (Å²) in [5.74, 6) is -1.22. The number of imidazole rings is 1. The predicted molar refractivity (Wildman–Crippen MR) is 77.5 cm³/mol. The van der Waals surface area contributed by atoms with Crippen LogP contribution < -0.4 is 5.43 Å². The van der Waals surface area contributed by atoms with Gasteiger partial charge in [-0.1, -0.05) is 12.1 Å². The van der Waals surface area contributed by atoms with Gasteiger partial charge in [-0.15, -0.1) is 0 Å². The van der Waals surface area contributed by atoms with Gasteiger partial charge in [-0.3, -0.25) is 4.79 Å². The molecule has 0 fully saturated rings. The summed E-state index contributed by atoms with van der Waals surface area (Å²) in [5, 5.41) is 9.60. The fourth-order valence-corrected chi connectivity index (χ4v) is 2.34. The number of fused-ring (bicyclic) bond motifs is 1. The van der Waals surface area contributed by atoms with E-state index in [-0.39, 0.29) is 5.56 Å². The minimum atomic E-state index is -1.22. The van der Waals surface area contributed by atoms with E-state index in [1.54, 1.807) is 35.3 Å². The molecule has 0 radical (unpaired) electrons. The van der Waals surface area contributed by atoms with Gasteiger partial charge in [-0.05, 0) is 12.1 Å². The molecule has 1 N–H and O–H groups in total. The number of hydrogen-bond acceptors (Lipinski definition) is 3. The van der Waals surface area contributed by atoms with Crippen molar-refractivity contribution in [1.29, 1.82) is 0 Å². The molecule has 0 unspecified atom stereocenters. The van der Waals surface area contributed by atoms with E-state index in [2.05, 4.69) is 4.98 Å². The Morgan fingerprint density at radius 1 is 1.33 bits per heavy atom. The summed E-state index contributed by atoms with van der Waals surface area (Å²) in [4.78, 5) is 27.5. The van der Waals surface area contributed by atoms with E-state index in [1.807, 2.05) is 17.7 Å². The number of carboxylic acids is 1. The van der Waals surface area contributed by atoms with Crippen LogP contribution in [0.1, 0.15) is 16.1 Å². The van der Waals surface area contributed by atoms with E-state index in [9.17, 15) is 14.7 Å². The van der Waals surface area contributed by atoms with Crippen molar-refractivity contribution >= 4 is 16.9 Å². The van der Waals surface area contributed by atoms with Crippen molar-refractivity contribution in [3.8, 4) is 0 Å². The zero-order valence-corrected chi connectivity index (χ0v) is 11.4. The molecule has 0 aliphatic rings. The number of carbonyl (C=O) groups is 1. The highest BCUT2D eigenvalue weighted by molar-refractivity contribution is 5.92. The Labute approximate surface area is 119 Å². The first-order valence-electron chi connectivity index (χ1n) is 6.38. The number of rotatable bonds is 3. The third-order valence-corrected chi connectivity index (χ3v) is 3.47. The number of nitrogens with zero attached hydrogens (tertiary/aromatic N) is 3. The van der Waals surface area contributed by atoms with Crippen molar-refractivity contribution in [2.75, 3.05) is 0 Å². The van der Waals surface area contributed by atoms with Gasteiger partial charge in [-0.25, -0.2) is 9.78 Å². The lowest BCUT2D eigenvalue weighted by atomic mass is 10.1. The Morgan fingerprint density at radius 3 is 2.76 bits per heavy atom. The van der Waals surface area contributed by atoms with Crippen LogP contribution in [0.3, 0.4) is 0 Å². The van der Waals surface area contributed by atoms with Crippen molar-refractivity contribution in [3.05, 3.63) is 64.5 Å². The van der Waals surface area contributed by atoms with Crippen molar-refractivity contribution in [2.45, 2.75) is 6.54 Å². The maximum Gasteiger partial charge on any atom is 0.341 e. The lowest BCUT2D eigenvalue weighted by Gasteiger charge is -2.12. The van der Waals surface area contributed by atoms with Crippen LogP contribution in [0.5, 0.6) is 0 Å². The summed E-state index contributed by atoms with van der Waals surface area (Å²) in [6, 6.07) is 6.99. The number of aromatic carboxylic acids is 1. The molecule has 0 aliphatic carbocycles. The summed E-state index contributed by atoms with van der Waals surface area (Å²) < 4.78 is 3.62. The molecule has 0 amide bonds. The Hall–Kier alpha value is -2.89. The van der Waals surface area contributed by atoms with E-state index in [1.165, 1.54) is 6.20 Å². The lowest BCUT2D eigenvalue weighted by Crippen LogP contribution is -2.19. The average molecular weight is 283 g/mol. The third-order valence-electron chi connectivity index (χ3n) is 3.47. The van der Waals surface area contributed by atoms with Crippen LogP contribution in [-0.2, 0) is 13.6 Å². The summed E-state index contributed by atoms with van der Waals surface area (Å²) in [7, 11) is 1.87. The number of para-hydroxylation sites is 1. The van der Waals surface area contributed by atoms with Gasteiger partial charge in [0.15, 0.2) is 0 Å². The predicted octanol–water partition coefficient (Wildman–Crippen LogP) is 1.48. The van der Waals surface area contributed by atoms with Crippen molar-refractivity contribution < 1.29 is 9.90 Å². The fourth-order valence-electron chi connectivity index (χ4n) is 2.34. The quantitative estimate of drug-likeness (QED) is 0.790. The molecule has 0 bridgehead atoms. The average Bonchev–Trinajstić information content (AvgIpc) is 2.87. The fraction of sp³-hybridized carbons (Fsp3) is 0.133. The molecular weight excluding hydrogens is 270 g/mol. The smallest absolute Gasteiger partial charge is 0.341 e. The zero-order chi connectivity index (χ0) is 15.0. The molecule has 106 valence electrons. The van der Waals surface area contributed by atoms with Crippen LogP contribution in [0.4, 0.5) is 0 Å². The molecule has 0 saturated carbocycles. The summed E-state index contributed by atoms with van der Waals surface area (Å²) in [6.07, 6.45) is 4.78. The summed E-state index contributed by atoms with van der Waals surface area (Å²) >= 11 is 0. The van der Waals surface area contributed by atoms with Gasteiger partial charge in [0, 0.05) is 24.8 Å². The first-order chi connectivity index (χ1) is 10.1. The molecule has 0 spiro atoms. The Balaban J connectivity index is 2.26. The second-order valence-electron chi connectivity index (χ2n) is 4.82. The molecule has 6 nitrogen and oxygen atoms in total. The normalized spacial score (nSPS) is 10.9. The summed E-state index contributed by atoms with van der Waals surface area (Å²) in [5.41, 5.74) is 0.934. The molecule has 2 aromatic heterocycles. The van der Waals surface area contributed by atoms with E-state index in [0.717, 1.165) is 5.69 Å². The summed E-state index contributed by atoms with van der Waals surface area (Å²) in [6.45, 7) is 0.442. The van der Waals surface area contributed by atoms with Crippen LogP contribution in [0.2, 0.25) is 0 Å². The van der Waals surface area contributed by atoms with Gasteiger partial charge in [0.05, 0.1) is 24.1 Å². The topological polar surface area (TPSA) is 77.1 Å². The van der Waals surface area contributed by atoms with E-state index in [0.29, 0.717) is 17.4 Å². The van der Waals surface area contributed by atoms with Crippen LogP contribution in [0, 0.1) is 0 Å². The standard InChI is InChI=1S/C15H13N3O3/c1-17-9-16-6-10(17)7-18-8-12(15(20)21)14(19)11-4-2-3-5-13(11)18/h2-6,8-9H,7H2,1H3,(H,20,21). The zero-order valence-electron chi connectivity index (χ0n) is 11.4. The first kappa shape index (κ1) is 13.1. The van der Waals surface area contributed by atoms with Gasteiger partial charge in [0.2, 0.25) is 5.43 Å². The number of aromatic nitrogens is 3. The highest BCUT2D eigenvalue weighted by atomic mass is 16.4. The molecule has 0 atom stereocenters. The number of aryl methyl sites for hydroxylation is 1. The van der Waals surface area contributed by atoms with Crippen LogP contribution in [0.15, 0.2) is 47.8 Å². The molecule has 3 rings (SSSR count). The van der Waals surface area contributed by atoms with Crippen molar-refractivity contribution in [2.24, 2.45) is 7.05 Å². The number of carboxylic acid groups (broad SMARTS) is 1. The second-order valence-corrected chi connectivity index (χ2v) is 4.82. The van der Waals surface area contributed by atoms with Gasteiger partial charge in [0.25, 0.3) is 0 Å². The second kappa shape index (κ2) is 4.90. The third kappa shape index (κ3) is 2.20. The van der Waals surface area contributed by atoms with Gasteiger partial charge in [0.1, 0.15) is 5.56 Å². The highest BCUT2D eigenvalue weighted by Gasteiger charge is 2.14. The number of pyridine rings is 1. The van der Waals surface area contributed by atoms with Crippen molar-refractivity contribution in [1.82, 2.24) is 14.1 Å². The van der Waals surface area contributed by atoms with E-state index >= 15 is 0 Å². The molecular formula is C15H13N3O3. The Morgan fingerprint density at radius 2 is 2.10 bits per heavy atom. The van der Waals surface area contributed by atoms with Gasteiger partial charge < -0.3 is 14.2 Å². The van der Waals surface area contributed by atoms with Crippen LogP contribution >= 0.6 is 0 Å². The maximum absolute atomic E-state index is 12.2. The van der Waals surface area contributed by atoms with Gasteiger partial charge in [-0.2, -0.15) is 0 Å². The molecule has 6 heteroatoms. The molecule has 0 aliphatic heterocycles. The van der Waals surface area contributed by atoms with Crippen LogP contribution in [0.25, 0.3) is 10.9 Å². The minimum Gasteiger partial charge on any atom is -0.477 e. The largest absolute Gasteiger partial charge is 0.477 e. The molecule has 21 heavy (non-hydrogen) atoms. The minimum absolute atomic E-state index is 0.226. The SMILES string of the molecule is Cn1cncc1Cn1cc(C(=O)O)c(=O)c2ccccc21. The number of hydrogen-bond donors (Lipinski definition) is 1. The monoisotopic (exact) mass is 283 g/mol. The Kier molecular flexibility index (Phi) is 3.06. The van der Waals surface area contributed by atoms with E-state index < -0.39 is 11.4 Å². The molecule has 3 aromatic rings. The van der Waals surface area contributed by atoms with Gasteiger partial charge >= 0.3 is 5.97 Å². The van der Waals surface area contributed by atoms with Crippen LogP contribution in [-0.4, -0.2) is 25.2 Å². The molecule has 0 saturated heterocycles. The van der Waals surface area contributed by atoms with E-state index in [4.69, 9.17) is 0 Å². The molecule has 1 aromatic carbocycles. The first-order valence-corrected chi connectivity index (χ1v) is 6.38.